The maximum absolute atomic E-state index is 6.31. The Hall–Kier alpha value is -3.15. The van der Waals surface area contributed by atoms with Gasteiger partial charge in [-0.25, -0.2) is 0 Å². The molecule has 4 nitrogen and oxygen atoms in total. The van der Waals surface area contributed by atoms with Crippen molar-refractivity contribution < 1.29 is 0 Å². The van der Waals surface area contributed by atoms with Crippen LogP contribution >= 0.6 is 23.8 Å². The van der Waals surface area contributed by atoms with Gasteiger partial charge in [0.1, 0.15) is 0 Å². The molecule has 1 aliphatic rings. The zero-order valence-electron chi connectivity index (χ0n) is 18.8. The van der Waals surface area contributed by atoms with Crippen molar-refractivity contribution in [3.8, 4) is 5.69 Å². The van der Waals surface area contributed by atoms with Gasteiger partial charge in [-0.05, 0) is 87.1 Å². The highest BCUT2D eigenvalue weighted by Crippen LogP contribution is 2.43. The molecule has 2 aromatic carbocycles. The number of pyridine rings is 1. The lowest BCUT2D eigenvalue weighted by Crippen LogP contribution is -2.29. The molecule has 2 atom stereocenters. The van der Waals surface area contributed by atoms with Crippen molar-refractivity contribution in [1.82, 2.24) is 14.9 Å². The summed E-state index contributed by atoms with van der Waals surface area (Å²) in [5, 5.41) is 4.97. The molecule has 6 heteroatoms. The lowest BCUT2D eigenvalue weighted by Gasteiger charge is -2.28. The molecule has 1 aliphatic heterocycles. The molecule has 0 amide bonds. The number of aryl methyl sites for hydroxylation is 2. The van der Waals surface area contributed by atoms with E-state index in [1.807, 2.05) is 36.5 Å². The zero-order valence-corrected chi connectivity index (χ0v) is 20.4. The third-order valence-electron chi connectivity index (χ3n) is 6.27. The molecule has 1 N–H and O–H groups in total. The van der Waals surface area contributed by atoms with E-state index in [2.05, 4.69) is 83.0 Å². The molecule has 4 aromatic rings. The average Bonchev–Trinajstić information content (AvgIpc) is 3.30. The van der Waals surface area contributed by atoms with E-state index in [4.69, 9.17) is 23.8 Å². The van der Waals surface area contributed by atoms with Crippen LogP contribution in [0.2, 0.25) is 5.02 Å². The first-order valence-corrected chi connectivity index (χ1v) is 11.7. The summed E-state index contributed by atoms with van der Waals surface area (Å²) in [5.41, 5.74) is 7.80. The Morgan fingerprint density at radius 1 is 0.909 bits per heavy atom. The van der Waals surface area contributed by atoms with E-state index in [9.17, 15) is 0 Å². The van der Waals surface area contributed by atoms with E-state index in [0.717, 1.165) is 33.5 Å². The summed E-state index contributed by atoms with van der Waals surface area (Å²) in [4.78, 5) is 6.89. The van der Waals surface area contributed by atoms with Crippen molar-refractivity contribution in [2.24, 2.45) is 0 Å². The van der Waals surface area contributed by atoms with Gasteiger partial charge in [-0.3, -0.25) is 4.98 Å². The molecule has 0 aliphatic carbocycles. The van der Waals surface area contributed by atoms with E-state index in [1.165, 1.54) is 11.1 Å². The van der Waals surface area contributed by atoms with Crippen LogP contribution in [0.3, 0.4) is 0 Å². The third-order valence-corrected chi connectivity index (χ3v) is 6.82. The maximum atomic E-state index is 6.31. The predicted octanol–water partition coefficient (Wildman–Crippen LogP) is 6.63. The second-order valence-electron chi connectivity index (χ2n) is 8.47. The predicted molar refractivity (Wildman–Crippen MR) is 139 cm³/mol. The molecule has 0 unspecified atom stereocenters. The zero-order chi connectivity index (χ0) is 23.1. The number of anilines is 1. The Balaban J connectivity index is 1.68. The summed E-state index contributed by atoms with van der Waals surface area (Å²) in [6.07, 6.45) is 1.83. The van der Waals surface area contributed by atoms with Gasteiger partial charge in [-0.15, -0.1) is 0 Å². The van der Waals surface area contributed by atoms with Gasteiger partial charge >= 0.3 is 0 Å². The van der Waals surface area contributed by atoms with Gasteiger partial charge in [0.15, 0.2) is 5.11 Å². The first kappa shape index (κ1) is 21.7. The molecule has 33 heavy (non-hydrogen) atoms. The number of benzene rings is 2. The van der Waals surface area contributed by atoms with Crippen LogP contribution in [-0.4, -0.2) is 14.7 Å². The molecule has 166 valence electrons. The van der Waals surface area contributed by atoms with Crippen LogP contribution in [0.25, 0.3) is 5.69 Å². The van der Waals surface area contributed by atoms with Crippen LogP contribution < -0.4 is 10.2 Å². The van der Waals surface area contributed by atoms with Gasteiger partial charge in [-0.1, -0.05) is 41.4 Å². The molecule has 1 saturated heterocycles. The van der Waals surface area contributed by atoms with Crippen LogP contribution in [0, 0.1) is 20.8 Å². The number of aromatic nitrogens is 2. The summed E-state index contributed by atoms with van der Waals surface area (Å²) in [7, 11) is 0. The minimum Gasteiger partial charge on any atom is -0.351 e. The molecular formula is C27H25ClN4S. The van der Waals surface area contributed by atoms with Crippen LogP contribution in [0.15, 0.2) is 79.0 Å². The standard InChI is InChI=1S/C27H25ClN4S/c1-17-10-12-21(13-11-17)32-26(25(30-27(32)33)24-9-4-5-14-29-24)23-15-18(2)31(19(23)3)22-8-6-7-20(28)16-22/h4-16,25-26H,1-3H3,(H,30,33)/t25-,26+/m1/s1. The molecule has 5 rings (SSSR count). The number of hydrogen-bond acceptors (Lipinski definition) is 2. The first-order valence-electron chi connectivity index (χ1n) is 11.0. The van der Waals surface area contributed by atoms with Crippen LogP contribution in [0.4, 0.5) is 5.69 Å². The van der Waals surface area contributed by atoms with Crippen LogP contribution in [0.5, 0.6) is 0 Å². The molecule has 2 aromatic heterocycles. The first-order chi connectivity index (χ1) is 15.9. The highest BCUT2D eigenvalue weighted by Gasteiger charge is 2.42. The normalized spacial score (nSPS) is 17.9. The highest BCUT2D eigenvalue weighted by atomic mass is 35.5. The van der Waals surface area contributed by atoms with Gasteiger partial charge in [-0.2, -0.15) is 0 Å². The SMILES string of the molecule is Cc1ccc(N2C(=S)N[C@H](c3ccccn3)[C@@H]2c2cc(C)n(-c3cccc(Cl)c3)c2C)cc1. The number of halogens is 1. The highest BCUT2D eigenvalue weighted by molar-refractivity contribution is 7.80. The Bertz CT molecular complexity index is 1310. The van der Waals surface area contributed by atoms with E-state index in [-0.39, 0.29) is 12.1 Å². The molecule has 0 spiro atoms. The fourth-order valence-corrected chi connectivity index (χ4v) is 5.28. The smallest absolute Gasteiger partial charge is 0.174 e. The molecule has 0 bridgehead atoms. The number of nitrogens with one attached hydrogen (secondary N) is 1. The summed E-state index contributed by atoms with van der Waals surface area (Å²) >= 11 is 12.2. The van der Waals surface area contributed by atoms with Gasteiger partial charge in [0.25, 0.3) is 0 Å². The molecular weight excluding hydrogens is 448 g/mol. The molecule has 0 saturated carbocycles. The number of rotatable bonds is 4. The topological polar surface area (TPSA) is 33.1 Å². The number of hydrogen-bond donors (Lipinski definition) is 1. The summed E-state index contributed by atoms with van der Waals surface area (Å²) < 4.78 is 2.26. The van der Waals surface area contributed by atoms with Crippen molar-refractivity contribution in [2.75, 3.05) is 4.90 Å². The van der Waals surface area contributed by atoms with E-state index >= 15 is 0 Å². The van der Waals surface area contributed by atoms with Crippen LogP contribution in [-0.2, 0) is 0 Å². The van der Waals surface area contributed by atoms with Gasteiger partial charge in [0, 0.05) is 34.0 Å². The second kappa shape index (κ2) is 8.65. The van der Waals surface area contributed by atoms with E-state index in [1.54, 1.807) is 0 Å². The molecule has 1 fully saturated rings. The summed E-state index contributed by atoms with van der Waals surface area (Å²) in [6.45, 7) is 6.38. The lowest BCUT2D eigenvalue weighted by atomic mass is 9.96. The molecule has 0 radical (unpaired) electrons. The largest absolute Gasteiger partial charge is 0.351 e. The van der Waals surface area contributed by atoms with Crippen molar-refractivity contribution >= 4 is 34.6 Å². The Labute approximate surface area is 204 Å². The summed E-state index contributed by atoms with van der Waals surface area (Å²) in [5.74, 6) is 0. The van der Waals surface area contributed by atoms with E-state index < -0.39 is 0 Å². The lowest BCUT2D eigenvalue weighted by molar-refractivity contribution is 0.565. The van der Waals surface area contributed by atoms with Crippen molar-refractivity contribution in [3.05, 3.63) is 112 Å². The van der Waals surface area contributed by atoms with Gasteiger partial charge in [0.2, 0.25) is 0 Å². The third kappa shape index (κ3) is 3.92. The van der Waals surface area contributed by atoms with Gasteiger partial charge in [0.05, 0.1) is 17.8 Å². The quantitative estimate of drug-likeness (QED) is 0.338. The second-order valence-corrected chi connectivity index (χ2v) is 9.30. The fraction of sp³-hybridized carbons (Fsp3) is 0.185. The average molecular weight is 473 g/mol. The van der Waals surface area contributed by atoms with Gasteiger partial charge < -0.3 is 14.8 Å². The van der Waals surface area contributed by atoms with Crippen molar-refractivity contribution in [2.45, 2.75) is 32.9 Å². The van der Waals surface area contributed by atoms with Crippen molar-refractivity contribution in [1.29, 1.82) is 0 Å². The minimum absolute atomic E-state index is 0.0470. The fourth-order valence-electron chi connectivity index (χ4n) is 4.75. The summed E-state index contributed by atoms with van der Waals surface area (Å²) in [6, 6.07) is 24.6. The molecule has 3 heterocycles. The number of nitrogens with zero attached hydrogens (tertiary/aromatic N) is 3. The van der Waals surface area contributed by atoms with Crippen molar-refractivity contribution in [3.63, 3.8) is 0 Å². The minimum atomic E-state index is -0.0756. The maximum Gasteiger partial charge on any atom is 0.174 e. The van der Waals surface area contributed by atoms with Crippen LogP contribution in [0.1, 0.15) is 40.3 Å². The Morgan fingerprint density at radius 2 is 1.70 bits per heavy atom. The monoisotopic (exact) mass is 472 g/mol. The Kier molecular flexibility index (Phi) is 5.69. The number of thiocarbonyl (C=S) groups is 1. The Morgan fingerprint density at radius 3 is 2.39 bits per heavy atom. The van der Waals surface area contributed by atoms with E-state index in [0.29, 0.717) is 5.11 Å².